The molecule has 0 spiro atoms. The molecule has 5 rings (SSSR count). The van der Waals surface area contributed by atoms with Crippen molar-refractivity contribution in [3.8, 4) is 0 Å². The summed E-state index contributed by atoms with van der Waals surface area (Å²) in [5.41, 5.74) is 4.83. The van der Waals surface area contributed by atoms with Crippen molar-refractivity contribution in [3.63, 3.8) is 0 Å². The van der Waals surface area contributed by atoms with Crippen molar-refractivity contribution in [2.45, 2.75) is 77.7 Å². The second-order valence-electron chi connectivity index (χ2n) is 10.0. The molecule has 2 amide bonds. The molecule has 0 aromatic carbocycles. The number of carbonyl (C=O) groups is 2. The Kier molecular flexibility index (Phi) is 6.21. The van der Waals surface area contributed by atoms with E-state index < -0.39 is 0 Å². The minimum atomic E-state index is 0.0291. The van der Waals surface area contributed by atoms with Crippen molar-refractivity contribution >= 4 is 17.5 Å². The number of hydrogen-bond acceptors (Lipinski definition) is 4. The zero-order valence-corrected chi connectivity index (χ0v) is 19.8. The van der Waals surface area contributed by atoms with Crippen LogP contribution in [0, 0.1) is 25.7 Å². The molecule has 1 aliphatic heterocycles. The van der Waals surface area contributed by atoms with Crippen molar-refractivity contribution in [1.82, 2.24) is 24.8 Å². The van der Waals surface area contributed by atoms with Gasteiger partial charge in [0.1, 0.15) is 0 Å². The average Bonchev–Trinajstić information content (AvgIpc) is 3.35. The molecule has 1 saturated carbocycles. The smallest absolute Gasteiger partial charge is 0.226 e. The van der Waals surface area contributed by atoms with Gasteiger partial charge in [-0.1, -0.05) is 12.2 Å². The molecular formula is C26H35N5O2. The molecule has 2 fully saturated rings. The molecule has 3 aliphatic rings. The zero-order valence-electron chi connectivity index (χ0n) is 19.8. The number of hydrogen-bond donors (Lipinski definition) is 1. The Balaban J connectivity index is 1.33. The SMILES string of the molecule is Cc1nc2cc(C3CCCN3C(=O)C3CC=CCC3)nn2c(C)c1CCC(=O)NCC1CC1. The fourth-order valence-corrected chi connectivity index (χ4v) is 5.37. The topological polar surface area (TPSA) is 79.6 Å². The van der Waals surface area contributed by atoms with E-state index in [-0.39, 0.29) is 23.8 Å². The number of amides is 2. The van der Waals surface area contributed by atoms with Gasteiger partial charge in [-0.15, -0.1) is 0 Å². The number of likely N-dealkylation sites (tertiary alicyclic amines) is 1. The van der Waals surface area contributed by atoms with Gasteiger partial charge >= 0.3 is 0 Å². The Hall–Kier alpha value is -2.70. The summed E-state index contributed by atoms with van der Waals surface area (Å²) in [5.74, 6) is 1.18. The molecule has 33 heavy (non-hydrogen) atoms. The van der Waals surface area contributed by atoms with Crippen LogP contribution in [-0.4, -0.2) is 44.4 Å². The first kappa shape index (κ1) is 22.1. The summed E-state index contributed by atoms with van der Waals surface area (Å²) in [4.78, 5) is 32.3. The van der Waals surface area contributed by atoms with E-state index in [4.69, 9.17) is 10.1 Å². The van der Waals surface area contributed by atoms with E-state index in [1.807, 2.05) is 17.5 Å². The molecule has 0 radical (unpaired) electrons. The number of nitrogens with one attached hydrogen (secondary N) is 1. The molecule has 3 heterocycles. The molecular weight excluding hydrogens is 414 g/mol. The van der Waals surface area contributed by atoms with Gasteiger partial charge in [0.25, 0.3) is 0 Å². The van der Waals surface area contributed by atoms with E-state index >= 15 is 0 Å². The maximum absolute atomic E-state index is 13.2. The number of fused-ring (bicyclic) bond motifs is 1. The molecule has 2 atom stereocenters. The first-order valence-corrected chi connectivity index (χ1v) is 12.6. The van der Waals surface area contributed by atoms with Crippen LogP contribution in [0.5, 0.6) is 0 Å². The zero-order chi connectivity index (χ0) is 22.9. The van der Waals surface area contributed by atoms with Gasteiger partial charge in [-0.25, -0.2) is 9.50 Å². The van der Waals surface area contributed by atoms with Crippen LogP contribution >= 0.6 is 0 Å². The predicted molar refractivity (Wildman–Crippen MR) is 127 cm³/mol. The number of aromatic nitrogens is 3. The van der Waals surface area contributed by atoms with Crippen LogP contribution in [0.15, 0.2) is 18.2 Å². The number of nitrogens with zero attached hydrogens (tertiary/aromatic N) is 4. The minimum absolute atomic E-state index is 0.0291. The lowest BCUT2D eigenvalue weighted by atomic mass is 9.92. The summed E-state index contributed by atoms with van der Waals surface area (Å²) in [6.45, 7) is 5.69. The van der Waals surface area contributed by atoms with Crippen molar-refractivity contribution in [2.75, 3.05) is 13.1 Å². The summed E-state index contributed by atoms with van der Waals surface area (Å²) in [6, 6.07) is 2.07. The number of aryl methyl sites for hydroxylation is 2. The molecule has 1 saturated heterocycles. The summed E-state index contributed by atoms with van der Waals surface area (Å²) < 4.78 is 1.91. The van der Waals surface area contributed by atoms with Gasteiger partial charge in [0, 0.05) is 42.9 Å². The fourth-order valence-electron chi connectivity index (χ4n) is 5.37. The van der Waals surface area contributed by atoms with Crippen molar-refractivity contribution in [1.29, 1.82) is 0 Å². The molecule has 176 valence electrons. The van der Waals surface area contributed by atoms with Gasteiger partial charge < -0.3 is 10.2 Å². The van der Waals surface area contributed by atoms with E-state index in [9.17, 15) is 9.59 Å². The highest BCUT2D eigenvalue weighted by Gasteiger charge is 2.35. The summed E-state index contributed by atoms with van der Waals surface area (Å²) in [6.07, 6.45) is 12.7. The molecule has 0 bridgehead atoms. The average molecular weight is 450 g/mol. The van der Waals surface area contributed by atoms with E-state index in [0.29, 0.717) is 18.8 Å². The molecule has 1 N–H and O–H groups in total. The Bertz CT molecular complexity index is 1080. The third-order valence-electron chi connectivity index (χ3n) is 7.57. The lowest BCUT2D eigenvalue weighted by Gasteiger charge is -2.28. The number of rotatable bonds is 7. The largest absolute Gasteiger partial charge is 0.356 e. The molecule has 7 nitrogen and oxygen atoms in total. The Morgan fingerprint density at radius 3 is 2.76 bits per heavy atom. The normalized spacial score (nSPS) is 22.8. The van der Waals surface area contributed by atoms with Crippen LogP contribution in [0.2, 0.25) is 0 Å². The van der Waals surface area contributed by atoms with Gasteiger partial charge in [-0.2, -0.15) is 5.10 Å². The molecule has 7 heteroatoms. The lowest BCUT2D eigenvalue weighted by molar-refractivity contribution is -0.136. The summed E-state index contributed by atoms with van der Waals surface area (Å²) in [7, 11) is 0. The van der Waals surface area contributed by atoms with Crippen molar-refractivity contribution in [3.05, 3.63) is 40.9 Å². The Morgan fingerprint density at radius 2 is 2.00 bits per heavy atom. The minimum Gasteiger partial charge on any atom is -0.356 e. The standard InChI is InChI=1S/C26H35N5O2/c1-17-21(12-13-25(32)27-16-19-10-11-19)18(2)31-24(28-17)15-22(29-31)23-9-6-14-30(23)26(33)20-7-4-3-5-8-20/h3-4,15,19-20,23H,5-14,16H2,1-2H3,(H,27,32). The predicted octanol–water partition coefficient (Wildman–Crippen LogP) is 3.82. The van der Waals surface area contributed by atoms with Gasteiger partial charge in [0.15, 0.2) is 5.65 Å². The van der Waals surface area contributed by atoms with Crippen LogP contribution < -0.4 is 5.32 Å². The molecule has 2 aliphatic carbocycles. The second-order valence-corrected chi connectivity index (χ2v) is 10.0. The first-order valence-electron chi connectivity index (χ1n) is 12.6. The summed E-state index contributed by atoms with van der Waals surface area (Å²) in [5, 5.41) is 7.97. The van der Waals surface area contributed by atoms with Crippen LogP contribution in [0.25, 0.3) is 5.65 Å². The third kappa shape index (κ3) is 4.68. The molecule has 2 unspecified atom stereocenters. The van der Waals surface area contributed by atoms with Crippen molar-refractivity contribution in [2.24, 2.45) is 11.8 Å². The number of allylic oxidation sites excluding steroid dienone is 2. The van der Waals surface area contributed by atoms with Gasteiger partial charge in [0.05, 0.1) is 11.7 Å². The number of carbonyl (C=O) groups excluding carboxylic acids is 2. The van der Waals surface area contributed by atoms with E-state index in [1.54, 1.807) is 0 Å². The van der Waals surface area contributed by atoms with Crippen LogP contribution in [0.3, 0.4) is 0 Å². The first-order chi connectivity index (χ1) is 16.0. The Labute approximate surface area is 195 Å². The van der Waals surface area contributed by atoms with Crippen LogP contribution in [-0.2, 0) is 16.0 Å². The third-order valence-corrected chi connectivity index (χ3v) is 7.57. The fraction of sp³-hybridized carbons (Fsp3) is 0.615. The van der Waals surface area contributed by atoms with Crippen LogP contribution in [0.1, 0.15) is 80.1 Å². The van der Waals surface area contributed by atoms with Crippen molar-refractivity contribution < 1.29 is 9.59 Å². The van der Waals surface area contributed by atoms with Gasteiger partial charge in [-0.05, 0) is 76.7 Å². The molecule has 2 aromatic heterocycles. The Morgan fingerprint density at radius 1 is 1.15 bits per heavy atom. The van der Waals surface area contributed by atoms with Gasteiger partial charge in [-0.3, -0.25) is 9.59 Å². The summed E-state index contributed by atoms with van der Waals surface area (Å²) >= 11 is 0. The lowest BCUT2D eigenvalue weighted by Crippen LogP contribution is -2.36. The quantitative estimate of drug-likeness (QED) is 0.652. The molecule has 2 aromatic rings. The second kappa shape index (κ2) is 9.27. The van der Waals surface area contributed by atoms with E-state index in [0.717, 1.165) is 73.5 Å². The van der Waals surface area contributed by atoms with Gasteiger partial charge in [0.2, 0.25) is 11.8 Å². The van der Waals surface area contributed by atoms with E-state index in [1.165, 1.54) is 12.8 Å². The monoisotopic (exact) mass is 449 g/mol. The maximum atomic E-state index is 13.2. The highest BCUT2D eigenvalue weighted by Crippen LogP contribution is 2.35. The highest BCUT2D eigenvalue weighted by atomic mass is 16.2. The highest BCUT2D eigenvalue weighted by molar-refractivity contribution is 5.80. The van der Waals surface area contributed by atoms with Crippen LogP contribution in [0.4, 0.5) is 0 Å². The maximum Gasteiger partial charge on any atom is 0.226 e. The van der Waals surface area contributed by atoms with E-state index in [2.05, 4.69) is 29.3 Å².